The van der Waals surface area contributed by atoms with E-state index in [0.29, 0.717) is 5.69 Å². The lowest BCUT2D eigenvalue weighted by Crippen LogP contribution is -2.17. The molecule has 0 aliphatic heterocycles. The number of pyridine rings is 1. The van der Waals surface area contributed by atoms with Crippen LogP contribution in [0.4, 0.5) is 18.9 Å². The zero-order valence-electron chi connectivity index (χ0n) is 15.8. The molecule has 0 atom stereocenters. The minimum absolute atomic E-state index is 0.210. The van der Waals surface area contributed by atoms with E-state index in [1.165, 1.54) is 12.1 Å². The number of fused-ring (bicyclic) bond motifs is 1. The second-order valence-electron chi connectivity index (χ2n) is 6.65. The number of amides is 1. The first-order valence-electron chi connectivity index (χ1n) is 9.00. The van der Waals surface area contributed by atoms with Gasteiger partial charge in [0.2, 0.25) is 0 Å². The van der Waals surface area contributed by atoms with Crippen molar-refractivity contribution in [3.63, 3.8) is 0 Å². The number of benzene rings is 2. The summed E-state index contributed by atoms with van der Waals surface area (Å²) < 4.78 is 42.5. The maximum Gasteiger partial charge on any atom is 0.573 e. The van der Waals surface area contributed by atoms with Gasteiger partial charge >= 0.3 is 6.36 Å². The van der Waals surface area contributed by atoms with Crippen LogP contribution in [0.25, 0.3) is 16.9 Å². The lowest BCUT2D eigenvalue weighted by atomic mass is 10.1. The number of alkyl halides is 3. The van der Waals surface area contributed by atoms with Crippen LogP contribution in [0.1, 0.15) is 15.9 Å². The Kier molecular flexibility index (Phi) is 4.91. The maximum atomic E-state index is 12.6. The van der Waals surface area contributed by atoms with Gasteiger partial charge in [-0.2, -0.15) is 0 Å². The molecular formula is C22H16F3N3O2. The summed E-state index contributed by atoms with van der Waals surface area (Å²) in [4.78, 5) is 17.1. The number of halogens is 3. The lowest BCUT2D eigenvalue weighted by molar-refractivity contribution is -0.274. The van der Waals surface area contributed by atoms with Gasteiger partial charge in [-0.1, -0.05) is 18.2 Å². The summed E-state index contributed by atoms with van der Waals surface area (Å²) in [5.74, 6) is -0.826. The van der Waals surface area contributed by atoms with Crippen molar-refractivity contribution in [2.45, 2.75) is 13.3 Å². The largest absolute Gasteiger partial charge is 0.573 e. The van der Waals surface area contributed by atoms with Gasteiger partial charge in [-0.15, -0.1) is 13.2 Å². The van der Waals surface area contributed by atoms with Gasteiger partial charge in [-0.05, 0) is 55.0 Å². The SMILES string of the molecule is Cc1ccc(-c2cn3ccccc3n2)cc1NC(=O)c1ccc(OC(F)(F)F)cc1. The molecule has 1 N–H and O–H groups in total. The predicted octanol–water partition coefficient (Wildman–Crippen LogP) is 5.46. The smallest absolute Gasteiger partial charge is 0.406 e. The third kappa shape index (κ3) is 4.27. The number of carbonyl (C=O) groups excluding carboxylic acids is 1. The molecule has 0 unspecified atom stereocenters. The fraction of sp³-hybridized carbons (Fsp3) is 0.0909. The predicted molar refractivity (Wildman–Crippen MR) is 106 cm³/mol. The average Bonchev–Trinajstić information content (AvgIpc) is 3.13. The number of hydrogen-bond acceptors (Lipinski definition) is 3. The third-order valence-electron chi connectivity index (χ3n) is 4.50. The van der Waals surface area contributed by atoms with Crippen LogP contribution in [0.3, 0.4) is 0 Å². The number of hydrogen-bond donors (Lipinski definition) is 1. The highest BCUT2D eigenvalue weighted by Crippen LogP contribution is 2.26. The molecule has 5 nitrogen and oxygen atoms in total. The Hall–Kier alpha value is -3.81. The van der Waals surface area contributed by atoms with E-state index < -0.39 is 12.3 Å². The van der Waals surface area contributed by atoms with Crippen molar-refractivity contribution in [3.8, 4) is 17.0 Å². The Bertz CT molecular complexity index is 1180. The van der Waals surface area contributed by atoms with E-state index in [-0.39, 0.29) is 11.3 Å². The Morgan fingerprint density at radius 2 is 1.83 bits per heavy atom. The van der Waals surface area contributed by atoms with E-state index in [9.17, 15) is 18.0 Å². The van der Waals surface area contributed by atoms with Crippen LogP contribution in [0.15, 0.2) is 73.1 Å². The minimum Gasteiger partial charge on any atom is -0.406 e. The highest BCUT2D eigenvalue weighted by Gasteiger charge is 2.31. The second kappa shape index (κ2) is 7.55. The molecule has 2 aromatic heterocycles. The highest BCUT2D eigenvalue weighted by molar-refractivity contribution is 6.05. The molecule has 152 valence electrons. The minimum atomic E-state index is -4.78. The van der Waals surface area contributed by atoms with Gasteiger partial charge < -0.3 is 14.5 Å². The monoisotopic (exact) mass is 411 g/mol. The summed E-state index contributed by atoms with van der Waals surface area (Å²) in [5, 5.41) is 2.80. The molecule has 4 rings (SSSR count). The first-order chi connectivity index (χ1) is 14.3. The third-order valence-corrected chi connectivity index (χ3v) is 4.50. The molecule has 1 amide bonds. The van der Waals surface area contributed by atoms with E-state index in [4.69, 9.17) is 0 Å². The van der Waals surface area contributed by atoms with Crippen LogP contribution in [0.5, 0.6) is 5.75 Å². The van der Waals surface area contributed by atoms with Gasteiger partial charge in [0.1, 0.15) is 11.4 Å². The Morgan fingerprint density at radius 1 is 1.07 bits per heavy atom. The number of nitrogens with one attached hydrogen (secondary N) is 1. The molecule has 2 heterocycles. The number of nitrogens with zero attached hydrogens (tertiary/aromatic N) is 2. The first kappa shape index (κ1) is 19.5. The Morgan fingerprint density at radius 3 is 2.53 bits per heavy atom. The summed E-state index contributed by atoms with van der Waals surface area (Å²) in [6, 6.07) is 16.1. The topological polar surface area (TPSA) is 55.6 Å². The number of aromatic nitrogens is 2. The number of aryl methyl sites for hydroxylation is 1. The molecule has 4 aromatic rings. The van der Waals surface area contributed by atoms with E-state index in [1.54, 1.807) is 0 Å². The molecule has 0 aliphatic carbocycles. The summed E-state index contributed by atoms with van der Waals surface area (Å²) in [6.07, 6.45) is -0.987. The van der Waals surface area contributed by atoms with Gasteiger partial charge in [0.05, 0.1) is 5.69 Å². The van der Waals surface area contributed by atoms with E-state index in [1.807, 2.05) is 60.1 Å². The standard InChI is InChI=1S/C22H16F3N3O2/c1-14-5-6-16(19-13-28-11-3-2-4-20(28)26-19)12-18(14)27-21(29)15-7-9-17(10-8-15)30-22(23,24)25/h2-13H,1H3,(H,27,29). The summed E-state index contributed by atoms with van der Waals surface area (Å²) >= 11 is 0. The number of ether oxygens (including phenoxy) is 1. The van der Waals surface area contributed by atoms with Crippen LogP contribution in [-0.4, -0.2) is 21.7 Å². The summed E-state index contributed by atoms with van der Waals surface area (Å²) in [6.45, 7) is 1.85. The van der Waals surface area contributed by atoms with Crippen LogP contribution < -0.4 is 10.1 Å². The highest BCUT2D eigenvalue weighted by atomic mass is 19.4. The lowest BCUT2D eigenvalue weighted by Gasteiger charge is -2.11. The molecule has 30 heavy (non-hydrogen) atoms. The molecule has 0 saturated heterocycles. The van der Waals surface area contributed by atoms with E-state index in [0.717, 1.165) is 34.6 Å². The maximum absolute atomic E-state index is 12.6. The molecule has 8 heteroatoms. The second-order valence-corrected chi connectivity index (χ2v) is 6.65. The number of rotatable bonds is 4. The molecule has 0 bridgehead atoms. The average molecular weight is 411 g/mol. The molecule has 0 spiro atoms. The Balaban J connectivity index is 1.55. The van der Waals surface area contributed by atoms with E-state index in [2.05, 4.69) is 15.0 Å². The van der Waals surface area contributed by atoms with Crippen molar-refractivity contribution in [1.82, 2.24) is 9.38 Å². The molecular weight excluding hydrogens is 395 g/mol. The van der Waals surface area contributed by atoms with Gasteiger partial charge in [-0.25, -0.2) is 4.98 Å². The Labute approximate surface area is 169 Å². The summed E-state index contributed by atoms with van der Waals surface area (Å²) in [7, 11) is 0. The van der Waals surface area contributed by atoms with Crippen molar-refractivity contribution in [3.05, 3.63) is 84.2 Å². The van der Waals surface area contributed by atoms with Crippen molar-refractivity contribution in [1.29, 1.82) is 0 Å². The van der Waals surface area contributed by atoms with Crippen LogP contribution in [0.2, 0.25) is 0 Å². The summed E-state index contributed by atoms with van der Waals surface area (Å²) in [5.41, 5.74) is 4.03. The molecule has 2 aromatic carbocycles. The van der Waals surface area contributed by atoms with Crippen LogP contribution >= 0.6 is 0 Å². The van der Waals surface area contributed by atoms with Crippen LogP contribution in [-0.2, 0) is 0 Å². The van der Waals surface area contributed by atoms with Crippen LogP contribution in [0, 0.1) is 6.92 Å². The number of carbonyl (C=O) groups is 1. The zero-order valence-corrected chi connectivity index (χ0v) is 15.8. The zero-order chi connectivity index (χ0) is 21.3. The fourth-order valence-electron chi connectivity index (χ4n) is 2.99. The van der Waals surface area contributed by atoms with Crippen molar-refractivity contribution in [2.75, 3.05) is 5.32 Å². The van der Waals surface area contributed by atoms with Crippen molar-refractivity contribution >= 4 is 17.2 Å². The fourth-order valence-corrected chi connectivity index (χ4v) is 2.99. The van der Waals surface area contributed by atoms with Gasteiger partial charge in [0.15, 0.2) is 0 Å². The molecule has 0 fully saturated rings. The van der Waals surface area contributed by atoms with Gasteiger partial charge in [0, 0.05) is 29.2 Å². The van der Waals surface area contributed by atoms with Gasteiger partial charge in [-0.3, -0.25) is 4.79 Å². The number of anilines is 1. The number of imidazole rings is 1. The molecule has 0 aliphatic rings. The van der Waals surface area contributed by atoms with E-state index >= 15 is 0 Å². The first-order valence-corrected chi connectivity index (χ1v) is 9.00. The van der Waals surface area contributed by atoms with Gasteiger partial charge in [0.25, 0.3) is 5.91 Å². The molecule has 0 saturated carbocycles. The van der Waals surface area contributed by atoms with Crippen molar-refractivity contribution in [2.24, 2.45) is 0 Å². The normalized spacial score (nSPS) is 11.5. The quantitative estimate of drug-likeness (QED) is 0.485. The molecule has 0 radical (unpaired) electrons. The van der Waals surface area contributed by atoms with Crippen molar-refractivity contribution < 1.29 is 22.7 Å².